The maximum atomic E-state index is 15.4. The van der Waals surface area contributed by atoms with E-state index < -0.39 is 44.5 Å². The fourth-order valence-electron chi connectivity index (χ4n) is 3.93. The molecule has 36 heavy (non-hydrogen) atoms. The van der Waals surface area contributed by atoms with Crippen molar-refractivity contribution in [3.63, 3.8) is 0 Å². The Morgan fingerprint density at radius 3 is 2.64 bits per heavy atom. The molecule has 1 fully saturated rings. The van der Waals surface area contributed by atoms with Gasteiger partial charge in [-0.15, -0.1) is 0 Å². The number of aromatic amines is 1. The number of benzene rings is 2. The van der Waals surface area contributed by atoms with E-state index in [4.69, 9.17) is 0 Å². The van der Waals surface area contributed by atoms with Crippen molar-refractivity contribution in [2.75, 3.05) is 16.6 Å². The number of aromatic nitrogens is 3. The van der Waals surface area contributed by atoms with Gasteiger partial charge in [0.05, 0.1) is 27.1 Å². The number of hydrogen-bond donors (Lipinski definition) is 3. The van der Waals surface area contributed by atoms with Crippen LogP contribution in [0.4, 0.5) is 24.7 Å². The fourth-order valence-corrected chi connectivity index (χ4v) is 5.21. The number of hydrogen-bond acceptors (Lipinski definition) is 6. The van der Waals surface area contributed by atoms with Crippen LogP contribution in [0.15, 0.2) is 47.8 Å². The average molecular weight is 516 g/mol. The molecule has 0 amide bonds. The largest absolute Gasteiger partial charge is 0.369 e. The Labute approximate surface area is 204 Å². The third kappa shape index (κ3) is 4.39. The number of carbonyl (C=O) groups excluding carboxylic acids is 1. The molecular formula is C24H20F3N5O3S. The van der Waals surface area contributed by atoms with Crippen LogP contribution in [0.25, 0.3) is 11.0 Å². The summed E-state index contributed by atoms with van der Waals surface area (Å²) < 4.78 is 71.3. The van der Waals surface area contributed by atoms with E-state index in [0.717, 1.165) is 43.2 Å². The van der Waals surface area contributed by atoms with Crippen LogP contribution < -0.4 is 10.0 Å². The van der Waals surface area contributed by atoms with E-state index in [9.17, 15) is 22.0 Å². The number of rotatable bonds is 8. The van der Waals surface area contributed by atoms with E-state index >= 15 is 4.39 Å². The van der Waals surface area contributed by atoms with Gasteiger partial charge in [-0.2, -0.15) is 0 Å². The number of anilines is 2. The van der Waals surface area contributed by atoms with Crippen molar-refractivity contribution in [1.82, 2.24) is 15.0 Å². The van der Waals surface area contributed by atoms with E-state index in [1.165, 1.54) is 19.4 Å². The van der Waals surface area contributed by atoms with Crippen LogP contribution in [-0.2, 0) is 10.0 Å². The van der Waals surface area contributed by atoms with Gasteiger partial charge in [0, 0.05) is 12.7 Å². The lowest BCUT2D eigenvalue weighted by Crippen LogP contribution is -2.17. The molecule has 1 aliphatic rings. The molecule has 186 valence electrons. The number of aryl methyl sites for hydroxylation is 1. The lowest BCUT2D eigenvalue weighted by molar-refractivity contribution is 0.103. The van der Waals surface area contributed by atoms with E-state index in [2.05, 4.69) is 20.3 Å². The second kappa shape index (κ2) is 8.94. The van der Waals surface area contributed by atoms with Crippen LogP contribution in [0.5, 0.6) is 0 Å². The molecule has 3 N–H and O–H groups in total. The number of carbonyl (C=O) groups is 1. The second-order valence-corrected chi connectivity index (χ2v) is 10.3. The minimum atomic E-state index is -4.37. The van der Waals surface area contributed by atoms with E-state index in [1.807, 2.05) is 4.72 Å². The quantitative estimate of drug-likeness (QED) is 0.297. The van der Waals surface area contributed by atoms with Crippen LogP contribution in [0.2, 0.25) is 0 Å². The molecule has 5 rings (SSSR count). The van der Waals surface area contributed by atoms with Gasteiger partial charge in [-0.3, -0.25) is 9.52 Å². The van der Waals surface area contributed by atoms with E-state index in [0.29, 0.717) is 23.9 Å². The number of sulfonamides is 1. The van der Waals surface area contributed by atoms with Crippen molar-refractivity contribution in [2.45, 2.75) is 24.7 Å². The molecule has 0 atom stereocenters. The molecule has 0 unspecified atom stereocenters. The van der Waals surface area contributed by atoms with Gasteiger partial charge in [-0.25, -0.2) is 31.6 Å². The molecule has 0 radical (unpaired) electrons. The van der Waals surface area contributed by atoms with Gasteiger partial charge in [0.25, 0.3) is 10.0 Å². The molecule has 0 aliphatic heterocycles. The van der Waals surface area contributed by atoms with Gasteiger partial charge in [-0.05, 0) is 61.6 Å². The minimum Gasteiger partial charge on any atom is -0.369 e. The Balaban J connectivity index is 1.53. The lowest BCUT2D eigenvalue weighted by Gasteiger charge is -2.13. The van der Waals surface area contributed by atoms with Gasteiger partial charge >= 0.3 is 0 Å². The van der Waals surface area contributed by atoms with Gasteiger partial charge < -0.3 is 10.3 Å². The summed E-state index contributed by atoms with van der Waals surface area (Å²) in [5, 5.41) is 3.43. The summed E-state index contributed by atoms with van der Waals surface area (Å²) in [6.07, 6.45) is 4.74. The van der Waals surface area contributed by atoms with Crippen molar-refractivity contribution in [3.05, 3.63) is 77.0 Å². The number of nitrogens with one attached hydrogen (secondary N) is 3. The summed E-state index contributed by atoms with van der Waals surface area (Å²) >= 11 is 0. The zero-order valence-corrected chi connectivity index (χ0v) is 19.7. The zero-order chi connectivity index (χ0) is 25.6. The molecule has 0 saturated heterocycles. The zero-order valence-electron chi connectivity index (χ0n) is 18.9. The van der Waals surface area contributed by atoms with Crippen molar-refractivity contribution in [1.29, 1.82) is 0 Å². The average Bonchev–Trinajstić information content (AvgIpc) is 3.55. The monoisotopic (exact) mass is 515 g/mol. The van der Waals surface area contributed by atoms with Crippen LogP contribution in [0.3, 0.4) is 0 Å². The van der Waals surface area contributed by atoms with Crippen LogP contribution >= 0.6 is 0 Å². The topological polar surface area (TPSA) is 117 Å². The highest BCUT2D eigenvalue weighted by Crippen LogP contribution is 2.32. The minimum absolute atomic E-state index is 0.0731. The molecule has 4 aromatic rings. The summed E-state index contributed by atoms with van der Waals surface area (Å²) in [5.41, 5.74) is -1.26. The van der Waals surface area contributed by atoms with Gasteiger partial charge in [0.15, 0.2) is 5.82 Å². The van der Waals surface area contributed by atoms with Gasteiger partial charge in [0.2, 0.25) is 5.78 Å². The highest BCUT2D eigenvalue weighted by atomic mass is 32.2. The van der Waals surface area contributed by atoms with Gasteiger partial charge in [0.1, 0.15) is 29.4 Å². The highest BCUT2D eigenvalue weighted by Gasteiger charge is 2.28. The molecule has 2 aromatic heterocycles. The number of nitrogens with zero attached hydrogens (tertiary/aromatic N) is 2. The molecule has 1 saturated carbocycles. The predicted octanol–water partition coefficient (Wildman–Crippen LogP) is 4.54. The van der Waals surface area contributed by atoms with E-state index in [1.54, 1.807) is 0 Å². The summed E-state index contributed by atoms with van der Waals surface area (Å²) in [6.45, 7) is 2.01. The van der Waals surface area contributed by atoms with Crippen molar-refractivity contribution >= 4 is 38.3 Å². The van der Waals surface area contributed by atoms with Crippen LogP contribution in [0.1, 0.15) is 34.3 Å². The summed E-state index contributed by atoms with van der Waals surface area (Å²) in [7, 11) is -4.37. The first kappa shape index (κ1) is 23.8. The first-order valence-corrected chi connectivity index (χ1v) is 12.5. The third-order valence-corrected chi connectivity index (χ3v) is 7.48. The highest BCUT2D eigenvalue weighted by molar-refractivity contribution is 7.92. The molecule has 12 heteroatoms. The summed E-state index contributed by atoms with van der Waals surface area (Å²) in [4.78, 5) is 24.1. The van der Waals surface area contributed by atoms with Crippen LogP contribution in [-0.4, -0.2) is 35.7 Å². The smallest absolute Gasteiger partial charge is 0.262 e. The molecule has 0 bridgehead atoms. The lowest BCUT2D eigenvalue weighted by atomic mass is 10.0. The molecule has 0 spiro atoms. The molecule has 2 heterocycles. The number of fused-ring (bicyclic) bond motifs is 1. The Morgan fingerprint density at radius 2 is 1.92 bits per heavy atom. The Morgan fingerprint density at radius 1 is 1.14 bits per heavy atom. The Hall–Kier alpha value is -3.93. The predicted molar refractivity (Wildman–Crippen MR) is 127 cm³/mol. The molecule has 8 nitrogen and oxygen atoms in total. The fraction of sp³-hybridized carbons (Fsp3) is 0.208. The second-order valence-electron chi connectivity index (χ2n) is 8.60. The Kier molecular flexibility index (Phi) is 5.91. The van der Waals surface area contributed by atoms with E-state index in [-0.39, 0.29) is 21.4 Å². The number of H-pyrrole nitrogens is 1. The Bertz CT molecular complexity index is 1620. The van der Waals surface area contributed by atoms with Crippen molar-refractivity contribution in [2.24, 2.45) is 5.92 Å². The van der Waals surface area contributed by atoms with Crippen molar-refractivity contribution in [3.8, 4) is 0 Å². The third-order valence-electron chi connectivity index (χ3n) is 5.96. The van der Waals surface area contributed by atoms with Gasteiger partial charge in [-0.1, -0.05) is 0 Å². The van der Waals surface area contributed by atoms with Crippen molar-refractivity contribution < 1.29 is 26.4 Å². The van der Waals surface area contributed by atoms with Crippen LogP contribution in [0, 0.1) is 30.3 Å². The standard InChI is InChI=1S/C24H20F3N5O3S/c1-12-8-14(25)4-7-18(12)36(34,35)32-17-6-5-16(26)20(21(17)27)22(33)15-10-29-24-19(15)23(30-11-31-24)28-9-13-2-3-13/h4-8,10-11,13,32H,2-3,9H2,1H3,(H2,28,29,30,31). The molecule has 1 aliphatic carbocycles. The first-order valence-electron chi connectivity index (χ1n) is 11.0. The summed E-state index contributed by atoms with van der Waals surface area (Å²) in [6, 6.07) is 4.66. The summed E-state index contributed by atoms with van der Waals surface area (Å²) in [5.74, 6) is -3.36. The normalized spacial score (nSPS) is 13.7. The maximum Gasteiger partial charge on any atom is 0.262 e. The molecule has 2 aromatic carbocycles. The maximum absolute atomic E-state index is 15.4. The SMILES string of the molecule is Cc1cc(F)ccc1S(=O)(=O)Nc1ccc(F)c(C(=O)c2c[nH]c3ncnc(NCC4CC4)c23)c1F. The number of ketones is 1. The number of halogens is 3. The first-order chi connectivity index (χ1) is 17.2. The molecular weight excluding hydrogens is 495 g/mol.